The fraction of sp³-hybridized carbons (Fsp3) is 1.00. The molecule has 2 saturated heterocycles. The number of rotatable bonds is 6. The third-order valence-corrected chi connectivity index (χ3v) is 4.47. The molecular formula is C15H31N3O. The molecule has 0 atom stereocenters. The lowest BCUT2D eigenvalue weighted by atomic mass is 10.00. The number of unbranched alkanes of at least 4 members (excludes halogenated alkanes) is 1. The van der Waals surface area contributed by atoms with Crippen molar-refractivity contribution in [3.05, 3.63) is 0 Å². The van der Waals surface area contributed by atoms with E-state index in [0.29, 0.717) is 0 Å². The molecule has 2 aliphatic rings. The number of hydrogen-bond acceptors (Lipinski definition) is 4. The summed E-state index contributed by atoms with van der Waals surface area (Å²) < 4.78 is 5.45. The molecule has 0 aromatic heterocycles. The Morgan fingerprint density at radius 2 is 1.68 bits per heavy atom. The average Bonchev–Trinajstić information content (AvgIpc) is 2.66. The summed E-state index contributed by atoms with van der Waals surface area (Å²) in [5, 5.41) is 0. The van der Waals surface area contributed by atoms with Crippen LogP contribution in [-0.2, 0) is 4.74 Å². The van der Waals surface area contributed by atoms with Crippen molar-refractivity contribution < 1.29 is 4.74 Å². The fourth-order valence-corrected chi connectivity index (χ4v) is 3.20. The van der Waals surface area contributed by atoms with Gasteiger partial charge in [-0.15, -0.1) is 0 Å². The zero-order valence-corrected chi connectivity index (χ0v) is 12.4. The summed E-state index contributed by atoms with van der Waals surface area (Å²) in [6.45, 7) is 10.4. The van der Waals surface area contributed by atoms with Gasteiger partial charge in [0.05, 0.1) is 0 Å². The van der Waals surface area contributed by atoms with Crippen molar-refractivity contribution in [2.45, 2.75) is 32.1 Å². The summed E-state index contributed by atoms with van der Waals surface area (Å²) in [5.74, 6) is 0.873. The minimum absolute atomic E-state index is 0.837. The summed E-state index contributed by atoms with van der Waals surface area (Å²) in [5.41, 5.74) is 5.56. The smallest absolute Gasteiger partial charge is 0.0469 e. The van der Waals surface area contributed by atoms with Gasteiger partial charge in [-0.1, -0.05) is 0 Å². The molecule has 0 bridgehead atoms. The predicted molar refractivity (Wildman–Crippen MR) is 79.3 cm³/mol. The van der Waals surface area contributed by atoms with Gasteiger partial charge in [-0.3, -0.25) is 0 Å². The predicted octanol–water partition coefficient (Wildman–Crippen LogP) is 1.16. The van der Waals surface area contributed by atoms with Gasteiger partial charge in [0.25, 0.3) is 0 Å². The van der Waals surface area contributed by atoms with Crippen LogP contribution < -0.4 is 5.73 Å². The van der Waals surface area contributed by atoms with Crippen molar-refractivity contribution in [2.75, 3.05) is 59.0 Å². The SMILES string of the molecule is NCCCCN1CCCN(CC2CCOCC2)CC1. The maximum absolute atomic E-state index is 5.56. The molecular weight excluding hydrogens is 238 g/mol. The van der Waals surface area contributed by atoms with E-state index in [-0.39, 0.29) is 0 Å². The Labute approximate surface area is 118 Å². The van der Waals surface area contributed by atoms with E-state index < -0.39 is 0 Å². The third kappa shape index (κ3) is 5.78. The summed E-state index contributed by atoms with van der Waals surface area (Å²) in [4.78, 5) is 5.30. The first-order valence-electron chi connectivity index (χ1n) is 8.11. The minimum atomic E-state index is 0.837. The second-order valence-corrected chi connectivity index (χ2v) is 6.05. The van der Waals surface area contributed by atoms with Gasteiger partial charge in [0, 0.05) is 32.8 Å². The van der Waals surface area contributed by atoms with Crippen molar-refractivity contribution in [3.63, 3.8) is 0 Å². The number of nitrogens with two attached hydrogens (primary N) is 1. The molecule has 0 aliphatic carbocycles. The molecule has 0 aromatic rings. The maximum Gasteiger partial charge on any atom is 0.0469 e. The van der Waals surface area contributed by atoms with Gasteiger partial charge in [-0.2, -0.15) is 0 Å². The molecule has 0 amide bonds. The van der Waals surface area contributed by atoms with E-state index in [0.717, 1.165) is 25.7 Å². The van der Waals surface area contributed by atoms with Gasteiger partial charge in [-0.25, -0.2) is 0 Å². The highest BCUT2D eigenvalue weighted by molar-refractivity contribution is 4.74. The maximum atomic E-state index is 5.56. The summed E-state index contributed by atoms with van der Waals surface area (Å²) in [7, 11) is 0. The number of nitrogens with zero attached hydrogens (tertiary/aromatic N) is 2. The molecule has 19 heavy (non-hydrogen) atoms. The molecule has 0 radical (unpaired) electrons. The second-order valence-electron chi connectivity index (χ2n) is 6.05. The van der Waals surface area contributed by atoms with Crippen molar-refractivity contribution in [1.82, 2.24) is 9.80 Å². The van der Waals surface area contributed by atoms with Gasteiger partial charge in [0.2, 0.25) is 0 Å². The highest BCUT2D eigenvalue weighted by Gasteiger charge is 2.20. The Morgan fingerprint density at radius 3 is 2.47 bits per heavy atom. The average molecular weight is 269 g/mol. The Kier molecular flexibility index (Phi) is 7.14. The first-order chi connectivity index (χ1) is 9.38. The lowest BCUT2D eigenvalue weighted by molar-refractivity contribution is 0.0530. The van der Waals surface area contributed by atoms with Crippen molar-refractivity contribution in [3.8, 4) is 0 Å². The first kappa shape index (κ1) is 15.2. The van der Waals surface area contributed by atoms with Crippen LogP contribution in [0.3, 0.4) is 0 Å². The lowest BCUT2D eigenvalue weighted by Gasteiger charge is -2.29. The van der Waals surface area contributed by atoms with Crippen LogP contribution in [0.5, 0.6) is 0 Å². The van der Waals surface area contributed by atoms with Gasteiger partial charge in [0.1, 0.15) is 0 Å². The molecule has 0 aromatic carbocycles. The van der Waals surface area contributed by atoms with E-state index in [1.807, 2.05) is 0 Å². The Balaban J connectivity index is 1.64. The molecule has 2 aliphatic heterocycles. The minimum Gasteiger partial charge on any atom is -0.381 e. The molecule has 4 heteroatoms. The van der Waals surface area contributed by atoms with Crippen molar-refractivity contribution >= 4 is 0 Å². The van der Waals surface area contributed by atoms with Crippen molar-refractivity contribution in [2.24, 2.45) is 11.7 Å². The number of ether oxygens (including phenoxy) is 1. The van der Waals surface area contributed by atoms with Gasteiger partial charge in [-0.05, 0) is 64.2 Å². The van der Waals surface area contributed by atoms with Crippen LogP contribution in [0.4, 0.5) is 0 Å². The molecule has 0 saturated carbocycles. The van der Waals surface area contributed by atoms with Crippen LogP contribution in [0.1, 0.15) is 32.1 Å². The van der Waals surface area contributed by atoms with E-state index >= 15 is 0 Å². The van der Waals surface area contributed by atoms with Crippen LogP contribution >= 0.6 is 0 Å². The van der Waals surface area contributed by atoms with E-state index in [1.165, 1.54) is 71.4 Å². The molecule has 0 spiro atoms. The molecule has 2 N–H and O–H groups in total. The van der Waals surface area contributed by atoms with Crippen LogP contribution in [-0.4, -0.2) is 68.8 Å². The molecule has 2 rings (SSSR count). The molecule has 112 valence electrons. The zero-order valence-electron chi connectivity index (χ0n) is 12.4. The summed E-state index contributed by atoms with van der Waals surface area (Å²) in [6, 6.07) is 0. The van der Waals surface area contributed by atoms with Crippen LogP contribution in [0.15, 0.2) is 0 Å². The van der Waals surface area contributed by atoms with Crippen LogP contribution in [0.25, 0.3) is 0 Å². The summed E-state index contributed by atoms with van der Waals surface area (Å²) in [6.07, 6.45) is 6.28. The second kappa shape index (κ2) is 8.90. The quantitative estimate of drug-likeness (QED) is 0.735. The van der Waals surface area contributed by atoms with Gasteiger partial charge < -0.3 is 20.3 Å². The Morgan fingerprint density at radius 1 is 0.947 bits per heavy atom. The fourth-order valence-electron chi connectivity index (χ4n) is 3.20. The molecule has 0 unspecified atom stereocenters. The van der Waals surface area contributed by atoms with E-state index in [4.69, 9.17) is 10.5 Å². The largest absolute Gasteiger partial charge is 0.381 e. The van der Waals surface area contributed by atoms with Gasteiger partial charge in [0.15, 0.2) is 0 Å². The normalized spacial score (nSPS) is 24.5. The third-order valence-electron chi connectivity index (χ3n) is 4.47. The molecule has 4 nitrogen and oxygen atoms in total. The van der Waals surface area contributed by atoms with E-state index in [2.05, 4.69) is 9.80 Å². The van der Waals surface area contributed by atoms with Crippen molar-refractivity contribution in [1.29, 1.82) is 0 Å². The topological polar surface area (TPSA) is 41.7 Å². The molecule has 2 heterocycles. The molecule has 2 fully saturated rings. The monoisotopic (exact) mass is 269 g/mol. The van der Waals surface area contributed by atoms with Crippen LogP contribution in [0, 0.1) is 5.92 Å². The lowest BCUT2D eigenvalue weighted by Crippen LogP contribution is -2.35. The Bertz CT molecular complexity index is 231. The van der Waals surface area contributed by atoms with Gasteiger partial charge >= 0.3 is 0 Å². The zero-order chi connectivity index (χ0) is 13.3. The highest BCUT2D eigenvalue weighted by atomic mass is 16.5. The van der Waals surface area contributed by atoms with E-state index in [1.54, 1.807) is 0 Å². The summed E-state index contributed by atoms with van der Waals surface area (Å²) >= 11 is 0. The van der Waals surface area contributed by atoms with E-state index in [9.17, 15) is 0 Å². The first-order valence-corrected chi connectivity index (χ1v) is 8.11. The van der Waals surface area contributed by atoms with Crippen LogP contribution in [0.2, 0.25) is 0 Å². The highest BCUT2D eigenvalue weighted by Crippen LogP contribution is 2.17. The Hall–Kier alpha value is -0.160. The standard InChI is InChI=1S/C15H31N3O/c16-6-1-2-7-17-8-3-9-18(11-10-17)14-15-4-12-19-13-5-15/h15H,1-14,16H2. The number of hydrogen-bond donors (Lipinski definition) is 1.